The minimum Gasteiger partial charge on any atom is -0.423 e. The Hall–Kier alpha value is -2.01. The zero-order valence-corrected chi connectivity index (χ0v) is 9.71. The van der Waals surface area contributed by atoms with Gasteiger partial charge in [0.1, 0.15) is 5.75 Å². The molecule has 88 valence electrons. The Morgan fingerprint density at radius 1 is 1.18 bits per heavy atom. The number of nitrogens with zero attached hydrogens (tertiary/aromatic N) is 3. The lowest BCUT2D eigenvalue weighted by Crippen LogP contribution is -1.98. The fraction of sp³-hybridized carbons (Fsp3) is 0.250. The lowest BCUT2D eigenvalue weighted by Gasteiger charge is -2.06. The van der Waals surface area contributed by atoms with Crippen molar-refractivity contribution in [3.05, 3.63) is 41.5 Å². The highest BCUT2D eigenvalue weighted by atomic mass is 16.5. The van der Waals surface area contributed by atoms with Crippen molar-refractivity contribution in [3.8, 4) is 11.8 Å². The fourth-order valence-electron chi connectivity index (χ4n) is 1.30. The van der Waals surface area contributed by atoms with Crippen LogP contribution in [0.25, 0.3) is 0 Å². The third-order valence-electron chi connectivity index (χ3n) is 2.32. The first kappa shape index (κ1) is 11.5. The number of pyridine rings is 1. The van der Waals surface area contributed by atoms with Crippen LogP contribution < -0.4 is 4.74 Å². The molecule has 0 atom stereocenters. The van der Waals surface area contributed by atoms with E-state index in [0.29, 0.717) is 17.0 Å². The van der Waals surface area contributed by atoms with Gasteiger partial charge in [0, 0.05) is 17.5 Å². The molecule has 17 heavy (non-hydrogen) atoms. The molecule has 0 amide bonds. The number of aliphatic hydroxyl groups excluding tert-OH is 1. The Labute approximate surface area is 99.2 Å². The summed E-state index contributed by atoms with van der Waals surface area (Å²) in [4.78, 5) is 12.3. The Morgan fingerprint density at radius 2 is 2.00 bits per heavy atom. The van der Waals surface area contributed by atoms with Crippen LogP contribution in [0, 0.1) is 13.8 Å². The van der Waals surface area contributed by atoms with Gasteiger partial charge >= 0.3 is 6.01 Å². The van der Waals surface area contributed by atoms with Gasteiger partial charge in [0.25, 0.3) is 0 Å². The molecule has 0 saturated heterocycles. The molecule has 0 aliphatic carbocycles. The number of hydrogen-bond acceptors (Lipinski definition) is 5. The van der Waals surface area contributed by atoms with E-state index in [1.54, 1.807) is 25.4 Å². The summed E-state index contributed by atoms with van der Waals surface area (Å²) in [6, 6.07) is 3.91. The largest absolute Gasteiger partial charge is 0.423 e. The molecule has 0 aromatic carbocycles. The summed E-state index contributed by atoms with van der Waals surface area (Å²) < 4.78 is 5.45. The lowest BCUT2D eigenvalue weighted by atomic mass is 10.3. The summed E-state index contributed by atoms with van der Waals surface area (Å²) in [7, 11) is 0. The maximum atomic E-state index is 9.00. The molecule has 5 nitrogen and oxygen atoms in total. The monoisotopic (exact) mass is 231 g/mol. The second-order valence-corrected chi connectivity index (χ2v) is 3.66. The van der Waals surface area contributed by atoms with Crippen molar-refractivity contribution in [3.63, 3.8) is 0 Å². The highest BCUT2D eigenvalue weighted by molar-refractivity contribution is 5.24. The van der Waals surface area contributed by atoms with Crippen molar-refractivity contribution >= 4 is 0 Å². The highest BCUT2D eigenvalue weighted by Gasteiger charge is 2.04. The average Bonchev–Trinajstić information content (AvgIpc) is 2.32. The standard InChI is InChI=1S/C12H13N3O2/c1-8-3-4-11(6-13-8)17-12-14-5-10(7-16)9(2)15-12/h3-6,16H,7H2,1-2H3. The maximum absolute atomic E-state index is 9.00. The summed E-state index contributed by atoms with van der Waals surface area (Å²) in [5.74, 6) is 0.590. The third kappa shape index (κ3) is 2.76. The van der Waals surface area contributed by atoms with Gasteiger partial charge in [0.15, 0.2) is 0 Å². The number of rotatable bonds is 3. The first-order valence-electron chi connectivity index (χ1n) is 5.23. The molecular weight excluding hydrogens is 218 g/mol. The van der Waals surface area contributed by atoms with E-state index < -0.39 is 0 Å². The van der Waals surface area contributed by atoms with Gasteiger partial charge in [-0.2, -0.15) is 4.98 Å². The van der Waals surface area contributed by atoms with Gasteiger partial charge in [0.2, 0.25) is 0 Å². The van der Waals surface area contributed by atoms with Crippen LogP contribution >= 0.6 is 0 Å². The molecule has 0 fully saturated rings. The van der Waals surface area contributed by atoms with Crippen LogP contribution in [0.4, 0.5) is 0 Å². The maximum Gasteiger partial charge on any atom is 0.322 e. The Morgan fingerprint density at radius 3 is 2.59 bits per heavy atom. The summed E-state index contributed by atoms with van der Waals surface area (Å²) >= 11 is 0. The predicted octanol–water partition coefficient (Wildman–Crippen LogP) is 1.77. The minimum absolute atomic E-state index is 0.0712. The first-order chi connectivity index (χ1) is 8.19. The smallest absolute Gasteiger partial charge is 0.322 e. The Balaban J connectivity index is 2.19. The highest BCUT2D eigenvalue weighted by Crippen LogP contribution is 2.17. The van der Waals surface area contributed by atoms with Crippen LogP contribution in [0.2, 0.25) is 0 Å². The van der Waals surface area contributed by atoms with Crippen LogP contribution in [0.3, 0.4) is 0 Å². The number of hydrogen-bond donors (Lipinski definition) is 1. The lowest BCUT2D eigenvalue weighted by molar-refractivity contribution is 0.279. The second-order valence-electron chi connectivity index (χ2n) is 3.66. The predicted molar refractivity (Wildman–Crippen MR) is 61.7 cm³/mol. The molecule has 0 aliphatic rings. The zero-order chi connectivity index (χ0) is 12.3. The normalized spacial score (nSPS) is 10.3. The molecule has 1 N–H and O–H groups in total. The van der Waals surface area contributed by atoms with Gasteiger partial charge in [-0.3, -0.25) is 4.98 Å². The molecule has 0 bridgehead atoms. The van der Waals surface area contributed by atoms with Gasteiger partial charge in [-0.05, 0) is 26.0 Å². The quantitative estimate of drug-likeness (QED) is 0.871. The van der Waals surface area contributed by atoms with Crippen molar-refractivity contribution < 1.29 is 9.84 Å². The molecule has 0 saturated carbocycles. The van der Waals surface area contributed by atoms with Crippen molar-refractivity contribution in [1.82, 2.24) is 15.0 Å². The van der Waals surface area contributed by atoms with E-state index in [0.717, 1.165) is 5.69 Å². The van der Waals surface area contributed by atoms with E-state index in [2.05, 4.69) is 15.0 Å². The van der Waals surface area contributed by atoms with Gasteiger partial charge in [-0.25, -0.2) is 4.98 Å². The number of aromatic nitrogens is 3. The van der Waals surface area contributed by atoms with Crippen molar-refractivity contribution in [2.45, 2.75) is 20.5 Å². The van der Waals surface area contributed by atoms with Crippen molar-refractivity contribution in [1.29, 1.82) is 0 Å². The fourth-order valence-corrected chi connectivity index (χ4v) is 1.30. The van der Waals surface area contributed by atoms with E-state index in [4.69, 9.17) is 9.84 Å². The molecule has 2 aromatic heterocycles. The molecular formula is C12H13N3O2. The molecule has 0 radical (unpaired) electrons. The zero-order valence-electron chi connectivity index (χ0n) is 9.71. The summed E-state index contributed by atoms with van der Waals surface area (Å²) in [6.07, 6.45) is 3.17. The number of aryl methyl sites for hydroxylation is 2. The van der Waals surface area contributed by atoms with E-state index in [9.17, 15) is 0 Å². The van der Waals surface area contributed by atoms with Crippen molar-refractivity contribution in [2.75, 3.05) is 0 Å². The van der Waals surface area contributed by atoms with Crippen LogP contribution in [-0.4, -0.2) is 20.1 Å². The Kier molecular flexibility index (Phi) is 3.30. The molecule has 5 heteroatoms. The number of aliphatic hydroxyl groups is 1. The first-order valence-corrected chi connectivity index (χ1v) is 5.23. The third-order valence-corrected chi connectivity index (χ3v) is 2.32. The van der Waals surface area contributed by atoms with Crippen LogP contribution in [0.5, 0.6) is 11.8 Å². The SMILES string of the molecule is Cc1ccc(Oc2ncc(CO)c(C)n2)cn1. The summed E-state index contributed by atoms with van der Waals surface area (Å²) in [6.45, 7) is 3.63. The molecule has 0 aliphatic heterocycles. The molecule has 2 aromatic rings. The van der Waals surface area contributed by atoms with Crippen LogP contribution in [0.15, 0.2) is 24.5 Å². The van der Waals surface area contributed by atoms with Gasteiger partial charge in [-0.15, -0.1) is 0 Å². The summed E-state index contributed by atoms with van der Waals surface area (Å²) in [5, 5.41) is 9.00. The number of ether oxygens (including phenoxy) is 1. The molecule has 2 rings (SSSR count). The van der Waals surface area contributed by atoms with E-state index >= 15 is 0 Å². The molecule has 2 heterocycles. The van der Waals surface area contributed by atoms with Gasteiger partial charge in [-0.1, -0.05) is 0 Å². The molecule has 0 unspecified atom stereocenters. The van der Waals surface area contributed by atoms with E-state index in [1.165, 1.54) is 0 Å². The topological polar surface area (TPSA) is 68.1 Å². The van der Waals surface area contributed by atoms with Gasteiger partial charge < -0.3 is 9.84 Å². The van der Waals surface area contributed by atoms with E-state index in [-0.39, 0.29) is 12.6 Å². The van der Waals surface area contributed by atoms with E-state index in [1.807, 2.05) is 13.0 Å². The minimum atomic E-state index is -0.0712. The van der Waals surface area contributed by atoms with Gasteiger partial charge in [0.05, 0.1) is 18.5 Å². The average molecular weight is 231 g/mol. The molecule has 0 spiro atoms. The summed E-state index contributed by atoms with van der Waals surface area (Å²) in [5.41, 5.74) is 2.32. The van der Waals surface area contributed by atoms with Crippen LogP contribution in [0.1, 0.15) is 17.0 Å². The van der Waals surface area contributed by atoms with Crippen molar-refractivity contribution in [2.24, 2.45) is 0 Å². The second kappa shape index (κ2) is 4.88. The Bertz CT molecular complexity index is 512. The van der Waals surface area contributed by atoms with Crippen LogP contribution in [-0.2, 0) is 6.61 Å².